The lowest BCUT2D eigenvalue weighted by molar-refractivity contribution is 0.465. The van der Waals surface area contributed by atoms with Crippen LogP contribution in [-0.4, -0.2) is 15.3 Å². The molecular weight excluding hydrogens is 252 g/mol. The molecule has 0 radical (unpaired) electrons. The van der Waals surface area contributed by atoms with E-state index in [1.165, 1.54) is 11.3 Å². The third kappa shape index (κ3) is 2.90. The molecule has 0 N–H and O–H groups in total. The van der Waals surface area contributed by atoms with Gasteiger partial charge in [0.2, 0.25) is 0 Å². The molecule has 0 aliphatic carbocycles. The zero-order valence-corrected chi connectivity index (χ0v) is 11.5. The molecule has 0 aliphatic rings. The maximum atomic E-state index is 12.1. The molecule has 2 rings (SSSR count). The van der Waals surface area contributed by atoms with Gasteiger partial charge in [0.05, 0.1) is 11.8 Å². The highest BCUT2D eigenvalue weighted by molar-refractivity contribution is 7.80. The number of aryl methyl sites for hydroxylation is 1. The van der Waals surface area contributed by atoms with E-state index in [-0.39, 0.29) is 5.56 Å². The smallest absolute Gasteiger partial charge is 0.271 e. The van der Waals surface area contributed by atoms with Crippen molar-refractivity contribution in [1.82, 2.24) is 9.55 Å². The molecule has 0 aliphatic heterocycles. The summed E-state index contributed by atoms with van der Waals surface area (Å²) in [6, 6.07) is 1.88. The monoisotopic (exact) mass is 268 g/mol. The van der Waals surface area contributed by atoms with Gasteiger partial charge in [-0.1, -0.05) is 6.92 Å². The molecule has 5 heteroatoms. The molecule has 92 valence electrons. The second-order valence-corrected chi connectivity index (χ2v) is 5.65. The fraction of sp³-hybridized carbons (Fsp3) is 0.500. The van der Waals surface area contributed by atoms with E-state index in [1.807, 2.05) is 11.4 Å². The lowest BCUT2D eigenvalue weighted by Gasteiger charge is -2.10. The molecule has 1 atom stereocenters. The molecular formula is C12H16N2OS2. The van der Waals surface area contributed by atoms with Gasteiger partial charge in [-0.25, -0.2) is 4.98 Å². The van der Waals surface area contributed by atoms with Crippen LogP contribution >= 0.6 is 24.0 Å². The van der Waals surface area contributed by atoms with Crippen molar-refractivity contribution in [1.29, 1.82) is 0 Å². The Morgan fingerprint density at radius 2 is 2.35 bits per heavy atom. The van der Waals surface area contributed by atoms with Crippen LogP contribution in [0.25, 0.3) is 10.2 Å². The number of thiophene rings is 1. The first-order valence-corrected chi connectivity index (χ1v) is 7.27. The van der Waals surface area contributed by atoms with Crippen molar-refractivity contribution in [2.24, 2.45) is 5.92 Å². The molecule has 17 heavy (non-hydrogen) atoms. The summed E-state index contributed by atoms with van der Waals surface area (Å²) in [5.41, 5.74) is 0.891. The number of fused-ring (bicyclic) bond motifs is 1. The Morgan fingerprint density at radius 3 is 3.12 bits per heavy atom. The lowest BCUT2D eigenvalue weighted by atomic mass is 10.1. The van der Waals surface area contributed by atoms with Crippen molar-refractivity contribution in [3.05, 3.63) is 28.1 Å². The zero-order chi connectivity index (χ0) is 12.3. The summed E-state index contributed by atoms with van der Waals surface area (Å²) in [6.07, 6.45) is 3.75. The van der Waals surface area contributed by atoms with E-state index in [9.17, 15) is 4.79 Å². The predicted molar refractivity (Wildman–Crippen MR) is 76.1 cm³/mol. The number of hydrogen-bond acceptors (Lipinski definition) is 4. The highest BCUT2D eigenvalue weighted by atomic mass is 32.1. The number of rotatable bonds is 5. The quantitative estimate of drug-likeness (QED) is 0.846. The molecule has 0 aromatic carbocycles. The van der Waals surface area contributed by atoms with Crippen LogP contribution in [0.3, 0.4) is 0 Å². The van der Waals surface area contributed by atoms with Gasteiger partial charge in [0.1, 0.15) is 4.70 Å². The Hall–Kier alpha value is -0.810. The topological polar surface area (TPSA) is 34.9 Å². The predicted octanol–water partition coefficient (Wildman–Crippen LogP) is 2.80. The first-order valence-electron chi connectivity index (χ1n) is 5.76. The molecule has 2 heterocycles. The highest BCUT2D eigenvalue weighted by Gasteiger charge is 2.06. The van der Waals surface area contributed by atoms with Crippen LogP contribution in [0.5, 0.6) is 0 Å². The lowest BCUT2D eigenvalue weighted by Crippen LogP contribution is -2.20. The third-order valence-corrected chi connectivity index (χ3v) is 4.07. The maximum absolute atomic E-state index is 12.1. The van der Waals surface area contributed by atoms with E-state index in [4.69, 9.17) is 0 Å². The largest absolute Gasteiger partial charge is 0.298 e. The van der Waals surface area contributed by atoms with Gasteiger partial charge in [-0.05, 0) is 36.0 Å². The van der Waals surface area contributed by atoms with Crippen molar-refractivity contribution in [3.63, 3.8) is 0 Å². The Morgan fingerprint density at radius 1 is 1.53 bits per heavy atom. The highest BCUT2D eigenvalue weighted by Crippen LogP contribution is 2.14. The van der Waals surface area contributed by atoms with Gasteiger partial charge in [-0.2, -0.15) is 12.6 Å². The van der Waals surface area contributed by atoms with Gasteiger partial charge in [0.25, 0.3) is 5.56 Å². The summed E-state index contributed by atoms with van der Waals surface area (Å²) >= 11 is 5.69. The van der Waals surface area contributed by atoms with Crippen molar-refractivity contribution >= 4 is 34.2 Å². The van der Waals surface area contributed by atoms with Crippen molar-refractivity contribution in [2.45, 2.75) is 26.3 Å². The number of thiol groups is 1. The van der Waals surface area contributed by atoms with Crippen LogP contribution in [0, 0.1) is 5.92 Å². The minimum Gasteiger partial charge on any atom is -0.298 e. The average Bonchev–Trinajstić information content (AvgIpc) is 2.77. The Bertz CT molecular complexity index is 547. The first kappa shape index (κ1) is 12.6. The van der Waals surface area contributed by atoms with Crippen LogP contribution in [0.4, 0.5) is 0 Å². The fourth-order valence-corrected chi connectivity index (χ4v) is 3.00. The summed E-state index contributed by atoms with van der Waals surface area (Å²) in [5, 5.41) is 1.91. The van der Waals surface area contributed by atoms with E-state index in [0.717, 1.165) is 35.4 Å². The van der Waals surface area contributed by atoms with Gasteiger partial charge in [0.15, 0.2) is 0 Å². The van der Waals surface area contributed by atoms with E-state index in [2.05, 4.69) is 24.5 Å². The Balaban J connectivity index is 2.13. The third-order valence-electron chi connectivity index (χ3n) is 2.92. The van der Waals surface area contributed by atoms with Gasteiger partial charge in [-0.3, -0.25) is 9.36 Å². The van der Waals surface area contributed by atoms with E-state index < -0.39 is 0 Å². The van der Waals surface area contributed by atoms with Gasteiger partial charge < -0.3 is 0 Å². The number of nitrogens with zero attached hydrogens (tertiary/aromatic N) is 2. The van der Waals surface area contributed by atoms with Crippen LogP contribution in [0.15, 0.2) is 22.6 Å². The second-order valence-electron chi connectivity index (χ2n) is 4.28. The maximum Gasteiger partial charge on any atom is 0.271 e. The van der Waals surface area contributed by atoms with Crippen LogP contribution < -0.4 is 5.56 Å². The van der Waals surface area contributed by atoms with Crippen LogP contribution in [0.2, 0.25) is 0 Å². The van der Waals surface area contributed by atoms with Gasteiger partial charge in [0, 0.05) is 6.54 Å². The molecule has 0 saturated carbocycles. The molecule has 2 aromatic heterocycles. The molecule has 2 aromatic rings. The summed E-state index contributed by atoms with van der Waals surface area (Å²) in [7, 11) is 0. The Labute approximate surface area is 110 Å². The van der Waals surface area contributed by atoms with E-state index >= 15 is 0 Å². The number of aromatic nitrogens is 2. The molecule has 0 saturated heterocycles. The van der Waals surface area contributed by atoms with Gasteiger partial charge in [-0.15, -0.1) is 11.3 Å². The SMILES string of the molecule is CC(CCS)CCn1cnc2ccsc2c1=O. The molecule has 0 fully saturated rings. The Kier molecular flexibility index (Phi) is 4.23. The van der Waals surface area contributed by atoms with Crippen molar-refractivity contribution in [2.75, 3.05) is 5.75 Å². The standard InChI is InChI=1S/C12H16N2OS2/c1-9(3-6-16)2-5-14-8-13-10-4-7-17-11(10)12(14)15/h4,7-9,16H,2-3,5-6H2,1H3. The van der Waals surface area contributed by atoms with E-state index in [1.54, 1.807) is 10.9 Å². The molecule has 0 bridgehead atoms. The van der Waals surface area contributed by atoms with Crippen molar-refractivity contribution in [3.8, 4) is 0 Å². The number of hydrogen-bond donors (Lipinski definition) is 1. The summed E-state index contributed by atoms with van der Waals surface area (Å²) in [4.78, 5) is 16.4. The van der Waals surface area contributed by atoms with Crippen LogP contribution in [0.1, 0.15) is 19.8 Å². The van der Waals surface area contributed by atoms with E-state index in [0.29, 0.717) is 5.92 Å². The normalized spacial score (nSPS) is 13.1. The molecule has 0 amide bonds. The minimum absolute atomic E-state index is 0.0862. The molecule has 1 unspecified atom stereocenters. The second kappa shape index (κ2) is 5.69. The summed E-state index contributed by atoms with van der Waals surface area (Å²) in [5.74, 6) is 1.50. The average molecular weight is 268 g/mol. The zero-order valence-electron chi connectivity index (χ0n) is 9.80. The first-order chi connectivity index (χ1) is 8.22. The van der Waals surface area contributed by atoms with Crippen molar-refractivity contribution < 1.29 is 0 Å². The van der Waals surface area contributed by atoms with Crippen LogP contribution in [-0.2, 0) is 6.54 Å². The van der Waals surface area contributed by atoms with Gasteiger partial charge >= 0.3 is 0 Å². The summed E-state index contributed by atoms with van der Waals surface area (Å²) < 4.78 is 2.47. The molecule has 3 nitrogen and oxygen atoms in total. The minimum atomic E-state index is 0.0862. The molecule has 0 spiro atoms. The fourth-order valence-electron chi connectivity index (χ4n) is 1.76. The summed E-state index contributed by atoms with van der Waals surface area (Å²) in [6.45, 7) is 2.94.